The molecule has 20 heavy (non-hydrogen) atoms. The molecule has 0 aromatic heterocycles. The molecular formula is C17H21NO2. The minimum Gasteiger partial charge on any atom is -0.395 e. The third kappa shape index (κ3) is 3.17. The largest absolute Gasteiger partial charge is 0.395 e. The molecule has 0 fully saturated rings. The highest BCUT2D eigenvalue weighted by Gasteiger charge is 2.17. The highest BCUT2D eigenvalue weighted by Crippen LogP contribution is 2.19. The van der Waals surface area contributed by atoms with E-state index in [0.717, 1.165) is 16.3 Å². The Morgan fingerprint density at radius 2 is 1.85 bits per heavy atom. The molecular weight excluding hydrogens is 250 g/mol. The number of carbonyl (C=O) groups is 1. The number of rotatable bonds is 5. The maximum Gasteiger partial charge on any atom is 0.227 e. The smallest absolute Gasteiger partial charge is 0.227 e. The van der Waals surface area contributed by atoms with Gasteiger partial charge >= 0.3 is 0 Å². The predicted molar refractivity (Wildman–Crippen MR) is 81.6 cm³/mol. The van der Waals surface area contributed by atoms with Crippen molar-refractivity contribution in [3.8, 4) is 0 Å². The Kier molecular flexibility index (Phi) is 4.74. The fourth-order valence-corrected chi connectivity index (χ4v) is 2.49. The van der Waals surface area contributed by atoms with Crippen molar-refractivity contribution in [1.82, 2.24) is 4.90 Å². The number of aliphatic hydroxyl groups excluding tert-OH is 1. The molecule has 2 aromatic rings. The lowest BCUT2D eigenvalue weighted by atomic mass is 10.0. The SMILES string of the molecule is CC(C)N(CCO)C(=O)Cc1cccc2ccccc12. The summed E-state index contributed by atoms with van der Waals surface area (Å²) in [6.07, 6.45) is 0.375. The average molecular weight is 271 g/mol. The summed E-state index contributed by atoms with van der Waals surface area (Å²) in [5.41, 5.74) is 1.04. The van der Waals surface area contributed by atoms with Crippen molar-refractivity contribution >= 4 is 16.7 Å². The first kappa shape index (κ1) is 14.5. The molecule has 3 nitrogen and oxygen atoms in total. The van der Waals surface area contributed by atoms with Gasteiger partial charge in [0.1, 0.15) is 0 Å². The number of amides is 1. The van der Waals surface area contributed by atoms with E-state index < -0.39 is 0 Å². The lowest BCUT2D eigenvalue weighted by Crippen LogP contribution is -2.39. The first-order valence-corrected chi connectivity index (χ1v) is 7.00. The van der Waals surface area contributed by atoms with Crippen LogP contribution in [-0.2, 0) is 11.2 Å². The molecule has 0 unspecified atom stereocenters. The summed E-state index contributed by atoms with van der Waals surface area (Å²) in [7, 11) is 0. The third-order valence-corrected chi connectivity index (χ3v) is 3.51. The number of benzene rings is 2. The summed E-state index contributed by atoms with van der Waals surface area (Å²) in [5, 5.41) is 11.3. The maximum atomic E-state index is 12.4. The Morgan fingerprint density at radius 1 is 1.15 bits per heavy atom. The first-order chi connectivity index (χ1) is 9.63. The summed E-state index contributed by atoms with van der Waals surface area (Å²) in [6.45, 7) is 4.33. The van der Waals surface area contributed by atoms with Gasteiger partial charge in [-0.1, -0.05) is 42.5 Å². The van der Waals surface area contributed by atoms with E-state index in [0.29, 0.717) is 13.0 Å². The molecule has 1 amide bonds. The summed E-state index contributed by atoms with van der Waals surface area (Å²) in [4.78, 5) is 14.1. The van der Waals surface area contributed by atoms with Gasteiger partial charge in [-0.15, -0.1) is 0 Å². The molecule has 0 aliphatic rings. The van der Waals surface area contributed by atoms with Crippen LogP contribution in [0.1, 0.15) is 19.4 Å². The summed E-state index contributed by atoms with van der Waals surface area (Å²) < 4.78 is 0. The van der Waals surface area contributed by atoms with Gasteiger partial charge in [-0.2, -0.15) is 0 Å². The van der Waals surface area contributed by atoms with Gasteiger partial charge in [0.25, 0.3) is 0 Å². The van der Waals surface area contributed by atoms with E-state index in [1.165, 1.54) is 0 Å². The van der Waals surface area contributed by atoms with E-state index in [4.69, 9.17) is 5.11 Å². The summed E-state index contributed by atoms with van der Waals surface area (Å²) in [5.74, 6) is 0.0606. The molecule has 0 saturated carbocycles. The van der Waals surface area contributed by atoms with Crippen molar-refractivity contribution in [3.63, 3.8) is 0 Å². The maximum absolute atomic E-state index is 12.4. The lowest BCUT2D eigenvalue weighted by molar-refractivity contribution is -0.132. The molecule has 0 aliphatic carbocycles. The van der Waals surface area contributed by atoms with Crippen LogP contribution in [0, 0.1) is 0 Å². The summed E-state index contributed by atoms with van der Waals surface area (Å²) >= 11 is 0. The van der Waals surface area contributed by atoms with Crippen LogP contribution in [0.15, 0.2) is 42.5 Å². The van der Waals surface area contributed by atoms with E-state index in [2.05, 4.69) is 12.1 Å². The molecule has 0 aliphatic heterocycles. The Hall–Kier alpha value is -1.87. The Balaban J connectivity index is 2.25. The number of hydrogen-bond donors (Lipinski definition) is 1. The van der Waals surface area contributed by atoms with E-state index >= 15 is 0 Å². The van der Waals surface area contributed by atoms with E-state index in [-0.39, 0.29) is 18.6 Å². The van der Waals surface area contributed by atoms with E-state index in [1.54, 1.807) is 4.90 Å². The topological polar surface area (TPSA) is 40.5 Å². The fraction of sp³-hybridized carbons (Fsp3) is 0.353. The number of fused-ring (bicyclic) bond motifs is 1. The molecule has 0 radical (unpaired) electrons. The highest BCUT2D eigenvalue weighted by molar-refractivity contribution is 5.90. The van der Waals surface area contributed by atoms with Crippen LogP contribution in [0.4, 0.5) is 0 Å². The number of carbonyl (C=O) groups excluding carboxylic acids is 1. The lowest BCUT2D eigenvalue weighted by Gasteiger charge is -2.26. The zero-order chi connectivity index (χ0) is 14.5. The van der Waals surface area contributed by atoms with Crippen LogP contribution in [0.5, 0.6) is 0 Å². The van der Waals surface area contributed by atoms with E-state index in [1.807, 2.05) is 44.2 Å². The monoisotopic (exact) mass is 271 g/mol. The molecule has 0 bridgehead atoms. The van der Waals surface area contributed by atoms with Crippen LogP contribution in [0.2, 0.25) is 0 Å². The molecule has 0 heterocycles. The Labute approximate surface area is 119 Å². The van der Waals surface area contributed by atoms with E-state index in [9.17, 15) is 4.79 Å². The van der Waals surface area contributed by atoms with Crippen LogP contribution in [0.25, 0.3) is 10.8 Å². The molecule has 0 saturated heterocycles. The predicted octanol–water partition coefficient (Wildman–Crippen LogP) is 2.61. The normalized spacial score (nSPS) is 11.0. The molecule has 2 aromatic carbocycles. The second-order valence-corrected chi connectivity index (χ2v) is 5.22. The first-order valence-electron chi connectivity index (χ1n) is 7.00. The van der Waals surface area contributed by atoms with Gasteiger partial charge in [0.05, 0.1) is 13.0 Å². The van der Waals surface area contributed by atoms with Crippen LogP contribution < -0.4 is 0 Å². The molecule has 106 valence electrons. The zero-order valence-electron chi connectivity index (χ0n) is 12.0. The van der Waals surface area contributed by atoms with Crippen LogP contribution >= 0.6 is 0 Å². The Morgan fingerprint density at radius 3 is 2.55 bits per heavy atom. The second-order valence-electron chi connectivity index (χ2n) is 5.22. The molecule has 1 N–H and O–H groups in total. The number of aliphatic hydroxyl groups is 1. The van der Waals surface area contributed by atoms with Gasteiger partial charge in [-0.05, 0) is 30.2 Å². The van der Waals surface area contributed by atoms with Crippen molar-refractivity contribution in [3.05, 3.63) is 48.0 Å². The number of hydrogen-bond acceptors (Lipinski definition) is 2. The standard InChI is InChI=1S/C17H21NO2/c1-13(2)18(10-11-19)17(20)12-15-8-5-7-14-6-3-4-9-16(14)15/h3-9,13,19H,10-12H2,1-2H3. The highest BCUT2D eigenvalue weighted by atomic mass is 16.3. The van der Waals surface area contributed by atoms with Crippen molar-refractivity contribution in [1.29, 1.82) is 0 Å². The van der Waals surface area contributed by atoms with Crippen molar-refractivity contribution in [2.75, 3.05) is 13.2 Å². The van der Waals surface area contributed by atoms with Crippen LogP contribution in [-0.4, -0.2) is 35.1 Å². The average Bonchev–Trinajstić information content (AvgIpc) is 2.44. The summed E-state index contributed by atoms with van der Waals surface area (Å²) in [6, 6.07) is 14.2. The van der Waals surface area contributed by atoms with Gasteiger partial charge < -0.3 is 10.0 Å². The third-order valence-electron chi connectivity index (χ3n) is 3.51. The molecule has 0 spiro atoms. The van der Waals surface area contributed by atoms with Crippen molar-refractivity contribution in [2.45, 2.75) is 26.3 Å². The van der Waals surface area contributed by atoms with Gasteiger partial charge in [0.2, 0.25) is 5.91 Å². The molecule has 3 heteroatoms. The van der Waals surface area contributed by atoms with Crippen molar-refractivity contribution < 1.29 is 9.90 Å². The quantitative estimate of drug-likeness (QED) is 0.908. The van der Waals surface area contributed by atoms with Gasteiger partial charge in [-0.25, -0.2) is 0 Å². The van der Waals surface area contributed by atoms with Crippen molar-refractivity contribution in [2.24, 2.45) is 0 Å². The Bertz CT molecular complexity index is 587. The molecule has 2 rings (SSSR count). The van der Waals surface area contributed by atoms with Gasteiger partial charge in [0.15, 0.2) is 0 Å². The second kappa shape index (κ2) is 6.53. The fourth-order valence-electron chi connectivity index (χ4n) is 2.49. The van der Waals surface area contributed by atoms with Gasteiger partial charge in [-0.3, -0.25) is 4.79 Å². The van der Waals surface area contributed by atoms with Crippen LogP contribution in [0.3, 0.4) is 0 Å². The number of nitrogens with zero attached hydrogens (tertiary/aromatic N) is 1. The minimum atomic E-state index is -0.000538. The zero-order valence-corrected chi connectivity index (χ0v) is 12.0. The van der Waals surface area contributed by atoms with Gasteiger partial charge in [0, 0.05) is 12.6 Å². The minimum absolute atomic E-state index is 0.000538. The molecule has 0 atom stereocenters.